The van der Waals surface area contributed by atoms with Crippen LogP contribution in [0.4, 0.5) is 0 Å². The predicted octanol–water partition coefficient (Wildman–Crippen LogP) is 2.63. The van der Waals surface area contributed by atoms with Crippen molar-refractivity contribution in [3.05, 3.63) is 35.9 Å². The maximum absolute atomic E-state index is 13.1. The highest BCUT2D eigenvalue weighted by molar-refractivity contribution is 5.92. The highest BCUT2D eigenvalue weighted by atomic mass is 16.5. The maximum atomic E-state index is 13.1. The number of hydrogen-bond acceptors (Lipinski definition) is 5. The number of likely N-dealkylation sites (tertiary alicyclic amines) is 1. The average molecular weight is 485 g/mol. The van der Waals surface area contributed by atoms with Crippen LogP contribution in [0.15, 0.2) is 30.3 Å². The van der Waals surface area contributed by atoms with Crippen molar-refractivity contribution in [3.8, 4) is 0 Å². The number of ether oxygens (including phenoxy) is 1. The highest BCUT2D eigenvalue weighted by Crippen LogP contribution is 2.27. The third kappa shape index (κ3) is 7.76. The third-order valence-electron chi connectivity index (χ3n) is 8.27. The van der Waals surface area contributed by atoms with E-state index in [4.69, 9.17) is 10.5 Å². The molecule has 7 heteroatoms. The summed E-state index contributed by atoms with van der Waals surface area (Å²) >= 11 is 0. The molecule has 4 rings (SSSR count). The Bertz CT molecular complexity index is 798. The van der Waals surface area contributed by atoms with Crippen molar-refractivity contribution in [3.63, 3.8) is 0 Å². The molecular formula is C28H44N4O3. The van der Waals surface area contributed by atoms with E-state index in [1.54, 1.807) is 0 Å². The fourth-order valence-corrected chi connectivity index (χ4v) is 5.87. The molecule has 2 amide bonds. The molecule has 1 aromatic carbocycles. The zero-order valence-corrected chi connectivity index (χ0v) is 21.2. The number of rotatable bonds is 10. The van der Waals surface area contributed by atoms with Crippen LogP contribution in [0.1, 0.15) is 63.4 Å². The van der Waals surface area contributed by atoms with Crippen LogP contribution >= 0.6 is 0 Å². The molecule has 2 saturated heterocycles. The molecule has 1 aromatic rings. The minimum Gasteiger partial charge on any atom is -0.381 e. The predicted molar refractivity (Wildman–Crippen MR) is 138 cm³/mol. The molecule has 4 N–H and O–H groups in total. The number of carbonyl (C=O) groups is 2. The Kier molecular flexibility index (Phi) is 9.58. The summed E-state index contributed by atoms with van der Waals surface area (Å²) in [6.07, 6.45) is 9.54. The number of nitrogens with zero attached hydrogens (tertiary/aromatic N) is 1. The van der Waals surface area contributed by atoms with Gasteiger partial charge < -0.3 is 26.0 Å². The van der Waals surface area contributed by atoms with E-state index in [2.05, 4.69) is 15.5 Å². The van der Waals surface area contributed by atoms with Gasteiger partial charge in [-0.15, -0.1) is 0 Å². The van der Waals surface area contributed by atoms with Gasteiger partial charge >= 0.3 is 0 Å². The van der Waals surface area contributed by atoms with Gasteiger partial charge in [0.05, 0.1) is 5.54 Å². The van der Waals surface area contributed by atoms with Crippen molar-refractivity contribution in [2.24, 2.45) is 17.6 Å². The smallest absolute Gasteiger partial charge is 0.242 e. The fraction of sp³-hybridized carbons (Fsp3) is 0.714. The number of benzene rings is 1. The Labute approximate surface area is 210 Å². The first kappa shape index (κ1) is 26.1. The Hall–Kier alpha value is -1.96. The lowest BCUT2D eigenvalue weighted by atomic mass is 9.92. The van der Waals surface area contributed by atoms with E-state index in [0.29, 0.717) is 31.7 Å². The van der Waals surface area contributed by atoms with Crippen LogP contribution < -0.4 is 16.4 Å². The molecule has 7 nitrogen and oxygen atoms in total. The quantitative estimate of drug-likeness (QED) is 0.474. The zero-order valence-electron chi connectivity index (χ0n) is 21.2. The first-order valence-corrected chi connectivity index (χ1v) is 13.7. The number of nitrogens with one attached hydrogen (secondary N) is 2. The van der Waals surface area contributed by atoms with E-state index >= 15 is 0 Å². The number of hydrogen-bond donors (Lipinski definition) is 3. The molecule has 0 unspecified atom stereocenters. The van der Waals surface area contributed by atoms with Gasteiger partial charge in [-0.25, -0.2) is 0 Å². The minimum absolute atomic E-state index is 0.110. The fourth-order valence-electron chi connectivity index (χ4n) is 5.87. The second-order valence-electron chi connectivity index (χ2n) is 11.0. The van der Waals surface area contributed by atoms with Crippen LogP contribution in [0.25, 0.3) is 0 Å². The highest BCUT2D eigenvalue weighted by Gasteiger charge is 2.38. The summed E-state index contributed by atoms with van der Waals surface area (Å²) in [4.78, 5) is 28.7. The van der Waals surface area contributed by atoms with Crippen LogP contribution in [0.2, 0.25) is 0 Å². The lowest BCUT2D eigenvalue weighted by Gasteiger charge is -2.35. The topological polar surface area (TPSA) is 96.7 Å². The van der Waals surface area contributed by atoms with Crippen LogP contribution in [-0.2, 0) is 20.7 Å². The van der Waals surface area contributed by atoms with Crippen molar-refractivity contribution in [2.45, 2.75) is 75.8 Å². The maximum Gasteiger partial charge on any atom is 0.242 e. The van der Waals surface area contributed by atoms with Crippen LogP contribution in [-0.4, -0.2) is 67.7 Å². The average Bonchev–Trinajstić information content (AvgIpc) is 3.34. The SMILES string of the molecule is NC1(C(=O)N[C@H](Cc2ccccc2)C(=O)NCCC2CCN(CC3CCOCC3)CC2)CCCC1. The van der Waals surface area contributed by atoms with E-state index in [1.165, 1.54) is 32.2 Å². The molecule has 2 heterocycles. The van der Waals surface area contributed by atoms with Crippen molar-refractivity contribution < 1.29 is 14.3 Å². The van der Waals surface area contributed by atoms with Crippen molar-refractivity contribution in [2.75, 3.05) is 39.4 Å². The van der Waals surface area contributed by atoms with E-state index in [-0.39, 0.29) is 11.8 Å². The number of amides is 2. The third-order valence-corrected chi connectivity index (χ3v) is 8.27. The van der Waals surface area contributed by atoms with Crippen molar-refractivity contribution in [1.29, 1.82) is 0 Å². The molecule has 3 fully saturated rings. The lowest BCUT2D eigenvalue weighted by molar-refractivity contribution is -0.131. The number of carbonyl (C=O) groups excluding carboxylic acids is 2. The summed E-state index contributed by atoms with van der Waals surface area (Å²) in [6.45, 7) is 5.99. The number of piperidine rings is 1. The van der Waals surface area contributed by atoms with Gasteiger partial charge in [0.2, 0.25) is 11.8 Å². The molecule has 194 valence electrons. The molecule has 1 saturated carbocycles. The summed E-state index contributed by atoms with van der Waals surface area (Å²) in [5.41, 5.74) is 6.55. The summed E-state index contributed by atoms with van der Waals surface area (Å²) < 4.78 is 5.49. The van der Waals surface area contributed by atoms with E-state index in [1.807, 2.05) is 30.3 Å². The number of nitrogens with two attached hydrogens (primary N) is 1. The second-order valence-corrected chi connectivity index (χ2v) is 11.0. The Morgan fingerprint density at radius 2 is 1.71 bits per heavy atom. The summed E-state index contributed by atoms with van der Waals surface area (Å²) in [5.74, 6) is 1.13. The molecule has 0 aromatic heterocycles. The molecule has 0 bridgehead atoms. The van der Waals surface area contributed by atoms with Gasteiger partial charge in [-0.3, -0.25) is 9.59 Å². The van der Waals surface area contributed by atoms with Crippen LogP contribution in [0.3, 0.4) is 0 Å². The molecule has 3 aliphatic rings. The monoisotopic (exact) mass is 484 g/mol. The van der Waals surface area contributed by atoms with Gasteiger partial charge in [0.15, 0.2) is 0 Å². The zero-order chi connectivity index (χ0) is 24.5. The Morgan fingerprint density at radius 3 is 2.40 bits per heavy atom. The summed E-state index contributed by atoms with van der Waals surface area (Å²) in [7, 11) is 0. The summed E-state index contributed by atoms with van der Waals surface area (Å²) in [6, 6.07) is 9.26. The molecule has 35 heavy (non-hydrogen) atoms. The van der Waals surface area contributed by atoms with E-state index in [0.717, 1.165) is 57.0 Å². The largest absolute Gasteiger partial charge is 0.381 e. The standard InChI is InChI=1S/C28H44N4O3/c29-28(13-4-5-14-28)27(34)31-25(20-23-6-2-1-3-7-23)26(33)30-15-8-22-9-16-32(17-10-22)21-24-11-18-35-19-12-24/h1-3,6-7,22,24-25H,4-5,8-21,29H2,(H,30,33)(H,31,34)/t25-/m1/s1. The first-order valence-electron chi connectivity index (χ1n) is 13.7. The summed E-state index contributed by atoms with van der Waals surface area (Å²) in [5, 5.41) is 6.10. The van der Waals surface area contributed by atoms with Gasteiger partial charge in [0.1, 0.15) is 6.04 Å². The van der Waals surface area contributed by atoms with E-state index in [9.17, 15) is 9.59 Å². The Balaban J connectivity index is 1.22. The molecule has 1 atom stereocenters. The van der Waals surface area contributed by atoms with Crippen molar-refractivity contribution in [1.82, 2.24) is 15.5 Å². The van der Waals surface area contributed by atoms with Crippen molar-refractivity contribution >= 4 is 11.8 Å². The van der Waals surface area contributed by atoms with Crippen LogP contribution in [0.5, 0.6) is 0 Å². The van der Waals surface area contributed by atoms with Gasteiger partial charge in [-0.2, -0.15) is 0 Å². The lowest BCUT2D eigenvalue weighted by Crippen LogP contribution is -2.58. The molecule has 2 aliphatic heterocycles. The molecular weight excluding hydrogens is 440 g/mol. The molecule has 0 spiro atoms. The normalized spacial score (nSPS) is 22.5. The Morgan fingerprint density at radius 1 is 1.03 bits per heavy atom. The first-order chi connectivity index (χ1) is 17.0. The second kappa shape index (κ2) is 12.8. The molecule has 1 aliphatic carbocycles. The molecule has 0 radical (unpaired) electrons. The van der Waals surface area contributed by atoms with E-state index < -0.39 is 11.6 Å². The minimum atomic E-state index is -0.839. The van der Waals surface area contributed by atoms with Gasteiger partial charge in [0.25, 0.3) is 0 Å². The van der Waals surface area contributed by atoms with Gasteiger partial charge in [-0.05, 0) is 75.4 Å². The van der Waals surface area contributed by atoms with Gasteiger partial charge in [-0.1, -0.05) is 43.2 Å². The van der Waals surface area contributed by atoms with Crippen LogP contribution in [0, 0.1) is 11.8 Å². The van der Waals surface area contributed by atoms with Gasteiger partial charge in [0, 0.05) is 32.7 Å².